The molecule has 0 aromatic carbocycles. The van der Waals surface area contributed by atoms with Crippen LogP contribution in [0.5, 0.6) is 0 Å². The largest absolute Gasteiger partial charge is 0.469 e. The summed E-state index contributed by atoms with van der Waals surface area (Å²) in [5, 5.41) is 10.0. The first kappa shape index (κ1) is 21.4. The summed E-state index contributed by atoms with van der Waals surface area (Å²) in [6.45, 7) is 7.54. The third-order valence-electron chi connectivity index (χ3n) is 3.33. The van der Waals surface area contributed by atoms with Crippen molar-refractivity contribution in [3.05, 3.63) is 34.7 Å². The predicted octanol–water partition coefficient (Wildman–Crippen LogP) is 2.48. The molecule has 152 valence electrons. The van der Waals surface area contributed by atoms with Gasteiger partial charge in [-0.3, -0.25) is 14.9 Å². The topological polar surface area (TPSA) is 123 Å². The van der Waals surface area contributed by atoms with Crippen molar-refractivity contribution in [2.45, 2.75) is 39.7 Å². The van der Waals surface area contributed by atoms with Crippen LogP contribution in [0, 0.1) is 6.92 Å². The van der Waals surface area contributed by atoms with E-state index in [4.69, 9.17) is 9.15 Å². The van der Waals surface area contributed by atoms with E-state index in [1.54, 1.807) is 39.1 Å². The molecule has 0 saturated carbocycles. The number of ether oxygens (including phenoxy) is 1. The Morgan fingerprint density at radius 1 is 1.21 bits per heavy atom. The van der Waals surface area contributed by atoms with Gasteiger partial charge in [-0.15, -0.1) is 11.3 Å². The number of nitrogens with one attached hydrogen (secondary N) is 3. The van der Waals surface area contributed by atoms with Crippen molar-refractivity contribution in [1.29, 1.82) is 0 Å². The Balaban J connectivity index is 1.71. The van der Waals surface area contributed by atoms with Crippen molar-refractivity contribution >= 4 is 34.4 Å². The number of nitrogens with zero attached hydrogens (tertiary/aromatic N) is 1. The number of thiazole rings is 1. The van der Waals surface area contributed by atoms with Crippen LogP contribution < -0.4 is 16.0 Å². The van der Waals surface area contributed by atoms with Gasteiger partial charge >= 0.3 is 6.09 Å². The number of alkyl carbamates (subject to hydrolysis) is 1. The highest BCUT2D eigenvalue weighted by molar-refractivity contribution is 7.14. The molecule has 0 aliphatic rings. The molecule has 28 heavy (non-hydrogen) atoms. The molecule has 0 saturated heterocycles. The lowest BCUT2D eigenvalue weighted by atomic mass is 10.2. The maximum absolute atomic E-state index is 12.1. The summed E-state index contributed by atoms with van der Waals surface area (Å²) in [5.41, 5.74) is 0.412. The second kappa shape index (κ2) is 9.36. The van der Waals surface area contributed by atoms with Crippen molar-refractivity contribution in [1.82, 2.24) is 15.6 Å². The van der Waals surface area contributed by atoms with Crippen molar-refractivity contribution in [3.63, 3.8) is 0 Å². The lowest BCUT2D eigenvalue weighted by Crippen LogP contribution is -2.38. The Labute approximate surface area is 166 Å². The zero-order chi connectivity index (χ0) is 20.7. The molecule has 0 unspecified atom stereocenters. The van der Waals surface area contributed by atoms with E-state index < -0.39 is 11.7 Å². The van der Waals surface area contributed by atoms with Crippen LogP contribution in [-0.2, 0) is 16.0 Å². The molecular formula is C18H24N4O5S. The molecule has 0 fully saturated rings. The smallest absolute Gasteiger partial charge is 0.407 e. The zero-order valence-electron chi connectivity index (χ0n) is 16.3. The summed E-state index contributed by atoms with van der Waals surface area (Å²) in [7, 11) is 0. The quantitative estimate of drug-likeness (QED) is 0.605. The molecular weight excluding hydrogens is 384 g/mol. The molecule has 0 aliphatic carbocycles. The standard InChI is InChI=1S/C18H24N4O5S/c1-11-13(5-8-26-11)15(24)22-16-21-12(10-28-16)9-14(23)19-6-7-20-17(25)27-18(2,3)4/h5,8,10H,6-7,9H2,1-4H3,(H,19,23)(H,20,25)(H,21,22,24). The Morgan fingerprint density at radius 3 is 2.57 bits per heavy atom. The third-order valence-corrected chi connectivity index (χ3v) is 4.14. The summed E-state index contributed by atoms with van der Waals surface area (Å²) in [5.74, 6) is -0.0293. The average Bonchev–Trinajstić information content (AvgIpc) is 3.19. The second-order valence-electron chi connectivity index (χ2n) is 6.94. The van der Waals surface area contributed by atoms with Gasteiger partial charge in [-0.1, -0.05) is 0 Å². The predicted molar refractivity (Wildman–Crippen MR) is 104 cm³/mol. The number of amides is 3. The van der Waals surface area contributed by atoms with E-state index in [-0.39, 0.29) is 31.3 Å². The van der Waals surface area contributed by atoms with Gasteiger partial charge in [0, 0.05) is 18.5 Å². The first-order valence-corrected chi connectivity index (χ1v) is 9.55. The van der Waals surface area contributed by atoms with Gasteiger partial charge in [0.1, 0.15) is 11.4 Å². The Morgan fingerprint density at radius 2 is 1.93 bits per heavy atom. The third kappa shape index (κ3) is 7.03. The molecule has 0 spiro atoms. The first-order chi connectivity index (χ1) is 13.1. The van der Waals surface area contributed by atoms with Gasteiger partial charge in [0.25, 0.3) is 5.91 Å². The van der Waals surface area contributed by atoms with E-state index in [1.165, 1.54) is 17.6 Å². The fourth-order valence-corrected chi connectivity index (χ4v) is 2.84. The molecule has 2 rings (SSSR count). The molecule has 10 heteroatoms. The van der Waals surface area contributed by atoms with Gasteiger partial charge in [0.2, 0.25) is 5.91 Å². The normalized spacial score (nSPS) is 11.0. The molecule has 3 amide bonds. The van der Waals surface area contributed by atoms with E-state index in [0.29, 0.717) is 22.1 Å². The van der Waals surface area contributed by atoms with Crippen molar-refractivity contribution in [2.75, 3.05) is 18.4 Å². The maximum Gasteiger partial charge on any atom is 0.407 e. The van der Waals surface area contributed by atoms with E-state index >= 15 is 0 Å². The fourth-order valence-electron chi connectivity index (χ4n) is 2.14. The minimum atomic E-state index is -0.568. The number of hydrogen-bond donors (Lipinski definition) is 3. The lowest BCUT2D eigenvalue weighted by molar-refractivity contribution is -0.120. The molecule has 0 atom stereocenters. The summed E-state index contributed by atoms with van der Waals surface area (Å²) in [4.78, 5) is 39.8. The number of aryl methyl sites for hydroxylation is 1. The zero-order valence-corrected chi connectivity index (χ0v) is 17.1. The van der Waals surface area contributed by atoms with Crippen molar-refractivity contribution < 1.29 is 23.5 Å². The average molecular weight is 408 g/mol. The second-order valence-corrected chi connectivity index (χ2v) is 7.80. The van der Waals surface area contributed by atoms with Crippen molar-refractivity contribution in [2.24, 2.45) is 0 Å². The van der Waals surface area contributed by atoms with Crippen LogP contribution in [0.4, 0.5) is 9.93 Å². The van der Waals surface area contributed by atoms with E-state index in [1.807, 2.05) is 0 Å². The minimum Gasteiger partial charge on any atom is -0.469 e. The SMILES string of the molecule is Cc1occc1C(=O)Nc1nc(CC(=O)NCCNC(=O)OC(C)(C)C)cs1. The number of anilines is 1. The van der Waals surface area contributed by atoms with Crippen LogP contribution in [0.1, 0.15) is 42.6 Å². The summed E-state index contributed by atoms with van der Waals surface area (Å²) < 4.78 is 10.2. The Hall–Kier alpha value is -2.88. The van der Waals surface area contributed by atoms with Crippen LogP contribution in [-0.4, -0.2) is 41.6 Å². The molecule has 2 heterocycles. The molecule has 2 aromatic rings. The number of carbonyl (C=O) groups excluding carboxylic acids is 3. The fraction of sp³-hybridized carbons (Fsp3) is 0.444. The van der Waals surface area contributed by atoms with Gasteiger partial charge in [-0.25, -0.2) is 9.78 Å². The van der Waals surface area contributed by atoms with Crippen LogP contribution in [0.2, 0.25) is 0 Å². The minimum absolute atomic E-state index is 0.0730. The highest BCUT2D eigenvalue weighted by Gasteiger charge is 2.16. The van der Waals surface area contributed by atoms with Gasteiger partial charge < -0.3 is 19.8 Å². The van der Waals surface area contributed by atoms with Gasteiger partial charge in [0.05, 0.1) is 23.9 Å². The molecule has 3 N–H and O–H groups in total. The molecule has 2 aromatic heterocycles. The van der Waals surface area contributed by atoms with Crippen LogP contribution in [0.25, 0.3) is 0 Å². The first-order valence-electron chi connectivity index (χ1n) is 8.67. The maximum atomic E-state index is 12.1. The number of aromatic nitrogens is 1. The van der Waals surface area contributed by atoms with Crippen LogP contribution in [0.3, 0.4) is 0 Å². The summed E-state index contributed by atoms with van der Waals surface area (Å²) in [6.07, 6.45) is 0.984. The molecule has 0 radical (unpaired) electrons. The number of hydrogen-bond acceptors (Lipinski definition) is 7. The number of carbonyl (C=O) groups is 3. The number of rotatable bonds is 7. The highest BCUT2D eigenvalue weighted by atomic mass is 32.1. The molecule has 0 bridgehead atoms. The van der Waals surface area contributed by atoms with E-state index in [0.717, 1.165) is 0 Å². The highest BCUT2D eigenvalue weighted by Crippen LogP contribution is 2.18. The van der Waals surface area contributed by atoms with Crippen LogP contribution in [0.15, 0.2) is 22.1 Å². The van der Waals surface area contributed by atoms with Gasteiger partial charge in [-0.05, 0) is 33.8 Å². The van der Waals surface area contributed by atoms with Gasteiger partial charge in [-0.2, -0.15) is 0 Å². The van der Waals surface area contributed by atoms with E-state index in [2.05, 4.69) is 20.9 Å². The number of furan rings is 1. The van der Waals surface area contributed by atoms with Crippen LogP contribution >= 0.6 is 11.3 Å². The van der Waals surface area contributed by atoms with Crippen molar-refractivity contribution in [3.8, 4) is 0 Å². The summed E-state index contributed by atoms with van der Waals surface area (Å²) in [6, 6.07) is 1.58. The summed E-state index contributed by atoms with van der Waals surface area (Å²) >= 11 is 1.23. The van der Waals surface area contributed by atoms with E-state index in [9.17, 15) is 14.4 Å². The lowest BCUT2D eigenvalue weighted by Gasteiger charge is -2.19. The monoisotopic (exact) mass is 408 g/mol. The Bertz CT molecular complexity index is 837. The molecule has 9 nitrogen and oxygen atoms in total. The van der Waals surface area contributed by atoms with Gasteiger partial charge in [0.15, 0.2) is 5.13 Å². The Kier molecular flexibility index (Phi) is 7.16. The molecule has 0 aliphatic heterocycles.